The van der Waals surface area contributed by atoms with E-state index in [-0.39, 0.29) is 0 Å². The highest BCUT2D eigenvalue weighted by Gasteiger charge is 2.21. The van der Waals surface area contributed by atoms with Gasteiger partial charge in [0.2, 0.25) is 0 Å². The number of aryl methyl sites for hydroxylation is 1. The number of hydrogen-bond donors (Lipinski definition) is 3. The molecule has 148 valence electrons. The molecule has 27 heavy (non-hydrogen) atoms. The second-order valence-corrected chi connectivity index (χ2v) is 7.77. The fourth-order valence-electron chi connectivity index (χ4n) is 3.87. The summed E-state index contributed by atoms with van der Waals surface area (Å²) < 4.78 is 0. The van der Waals surface area contributed by atoms with Crippen molar-refractivity contribution in [2.24, 2.45) is 4.99 Å². The van der Waals surface area contributed by atoms with Crippen LogP contribution in [0.4, 0.5) is 0 Å². The van der Waals surface area contributed by atoms with Gasteiger partial charge in [0.15, 0.2) is 5.96 Å². The summed E-state index contributed by atoms with van der Waals surface area (Å²) in [6, 6.07) is 9.69. The van der Waals surface area contributed by atoms with Gasteiger partial charge in [0.25, 0.3) is 0 Å². The van der Waals surface area contributed by atoms with E-state index in [1.165, 1.54) is 42.4 Å². The van der Waals surface area contributed by atoms with E-state index in [4.69, 9.17) is 4.99 Å². The van der Waals surface area contributed by atoms with Gasteiger partial charge in [0.1, 0.15) is 0 Å². The van der Waals surface area contributed by atoms with Crippen LogP contribution in [0.5, 0.6) is 0 Å². The molecule has 1 aliphatic heterocycles. The average Bonchev–Trinajstić information content (AvgIpc) is 3.09. The van der Waals surface area contributed by atoms with Gasteiger partial charge in [-0.1, -0.05) is 18.2 Å². The number of aromatic amines is 1. The number of nitrogens with zero attached hydrogens (tertiary/aromatic N) is 2. The Balaban J connectivity index is 1.47. The molecule has 1 aliphatic rings. The van der Waals surface area contributed by atoms with Crippen molar-refractivity contribution in [2.75, 3.05) is 26.2 Å². The Labute approximate surface area is 163 Å². The van der Waals surface area contributed by atoms with Crippen LogP contribution in [0.3, 0.4) is 0 Å². The van der Waals surface area contributed by atoms with Gasteiger partial charge < -0.3 is 20.5 Å². The van der Waals surface area contributed by atoms with Gasteiger partial charge in [-0.05, 0) is 58.1 Å². The number of fused-ring (bicyclic) bond motifs is 1. The summed E-state index contributed by atoms with van der Waals surface area (Å²) in [6.07, 6.45) is 6.64. The Morgan fingerprint density at radius 2 is 2.04 bits per heavy atom. The van der Waals surface area contributed by atoms with Gasteiger partial charge in [0.05, 0.1) is 0 Å². The van der Waals surface area contributed by atoms with Crippen LogP contribution < -0.4 is 10.6 Å². The average molecular weight is 370 g/mol. The minimum absolute atomic E-state index is 0.534. The summed E-state index contributed by atoms with van der Waals surface area (Å²) in [5.74, 6) is 0.972. The minimum Gasteiger partial charge on any atom is -0.361 e. The smallest absolute Gasteiger partial charge is 0.191 e. The van der Waals surface area contributed by atoms with E-state index in [2.05, 4.69) is 71.8 Å². The number of aliphatic imine (C=N–C) groups is 1. The molecule has 0 spiro atoms. The van der Waals surface area contributed by atoms with Crippen molar-refractivity contribution in [3.05, 3.63) is 36.0 Å². The van der Waals surface area contributed by atoms with Gasteiger partial charge >= 0.3 is 0 Å². The van der Waals surface area contributed by atoms with E-state index < -0.39 is 0 Å². The number of aromatic nitrogens is 1. The molecule has 0 unspecified atom stereocenters. The lowest BCUT2D eigenvalue weighted by Crippen LogP contribution is -2.49. The molecule has 3 rings (SSSR count). The van der Waals surface area contributed by atoms with Crippen molar-refractivity contribution in [2.45, 2.75) is 58.5 Å². The molecule has 0 amide bonds. The summed E-state index contributed by atoms with van der Waals surface area (Å²) in [5.41, 5.74) is 2.61. The fourth-order valence-corrected chi connectivity index (χ4v) is 3.87. The third-order valence-electron chi connectivity index (χ3n) is 5.49. The molecule has 0 radical (unpaired) electrons. The monoisotopic (exact) mass is 369 g/mol. The number of benzene rings is 1. The Kier molecular flexibility index (Phi) is 7.16. The Hall–Kier alpha value is -2.01. The molecule has 0 saturated carbocycles. The van der Waals surface area contributed by atoms with Crippen LogP contribution in [-0.4, -0.2) is 54.1 Å². The maximum Gasteiger partial charge on any atom is 0.191 e. The van der Waals surface area contributed by atoms with Crippen molar-refractivity contribution in [1.29, 1.82) is 0 Å². The Morgan fingerprint density at radius 1 is 1.26 bits per heavy atom. The molecule has 1 aromatic heterocycles. The number of likely N-dealkylation sites (tertiary alicyclic amines) is 1. The lowest BCUT2D eigenvalue weighted by Gasteiger charge is -2.35. The lowest BCUT2D eigenvalue weighted by molar-refractivity contribution is 0.167. The molecule has 0 bridgehead atoms. The number of para-hydroxylation sites is 1. The van der Waals surface area contributed by atoms with Crippen molar-refractivity contribution < 1.29 is 0 Å². The van der Waals surface area contributed by atoms with Crippen LogP contribution in [0.1, 0.15) is 45.6 Å². The number of H-pyrrole nitrogens is 1. The number of rotatable bonds is 7. The molecular weight excluding hydrogens is 334 g/mol. The fraction of sp³-hybridized carbons (Fsp3) is 0.591. The number of hydrogen-bond acceptors (Lipinski definition) is 2. The molecule has 2 aromatic rings. The molecule has 1 saturated heterocycles. The van der Waals surface area contributed by atoms with Gasteiger partial charge in [-0.15, -0.1) is 0 Å². The number of nitrogens with one attached hydrogen (secondary N) is 3. The molecule has 1 aromatic carbocycles. The second-order valence-electron chi connectivity index (χ2n) is 7.77. The SMILES string of the molecule is CCNC(=NCCCc1c[nH]c2ccccc12)NC1CCN(C(C)C)CC1. The van der Waals surface area contributed by atoms with E-state index in [1.807, 2.05) is 0 Å². The molecule has 2 heterocycles. The van der Waals surface area contributed by atoms with Gasteiger partial charge in [-0.25, -0.2) is 0 Å². The van der Waals surface area contributed by atoms with E-state index >= 15 is 0 Å². The minimum atomic E-state index is 0.534. The first-order valence-corrected chi connectivity index (χ1v) is 10.5. The predicted octanol–water partition coefficient (Wildman–Crippen LogP) is 3.53. The maximum absolute atomic E-state index is 4.81. The number of guanidine groups is 1. The van der Waals surface area contributed by atoms with Crippen LogP contribution in [0.2, 0.25) is 0 Å². The van der Waals surface area contributed by atoms with E-state index in [9.17, 15) is 0 Å². The number of piperidine rings is 1. The van der Waals surface area contributed by atoms with E-state index in [0.29, 0.717) is 12.1 Å². The first-order chi connectivity index (χ1) is 13.2. The zero-order valence-electron chi connectivity index (χ0n) is 17.1. The summed E-state index contributed by atoms with van der Waals surface area (Å²) in [7, 11) is 0. The van der Waals surface area contributed by atoms with Crippen molar-refractivity contribution in [3.8, 4) is 0 Å². The largest absolute Gasteiger partial charge is 0.361 e. The molecule has 5 heteroatoms. The molecule has 0 aliphatic carbocycles. The molecule has 0 atom stereocenters. The van der Waals surface area contributed by atoms with Crippen LogP contribution in [-0.2, 0) is 6.42 Å². The summed E-state index contributed by atoms with van der Waals surface area (Å²) in [6.45, 7) is 10.8. The van der Waals surface area contributed by atoms with Crippen LogP contribution in [0.25, 0.3) is 10.9 Å². The molecule has 5 nitrogen and oxygen atoms in total. The lowest BCUT2D eigenvalue weighted by atomic mass is 10.0. The predicted molar refractivity (Wildman–Crippen MR) is 115 cm³/mol. The van der Waals surface area contributed by atoms with E-state index in [1.54, 1.807) is 0 Å². The quantitative estimate of drug-likeness (QED) is 0.398. The van der Waals surface area contributed by atoms with Crippen LogP contribution in [0.15, 0.2) is 35.5 Å². The van der Waals surface area contributed by atoms with Crippen LogP contribution in [0, 0.1) is 0 Å². The topological polar surface area (TPSA) is 55.5 Å². The first kappa shape index (κ1) is 19.7. The summed E-state index contributed by atoms with van der Waals surface area (Å²) >= 11 is 0. The highest BCUT2D eigenvalue weighted by molar-refractivity contribution is 5.83. The molecule has 3 N–H and O–H groups in total. The van der Waals surface area contributed by atoms with Crippen molar-refractivity contribution in [1.82, 2.24) is 20.5 Å². The molecular formula is C22H35N5. The highest BCUT2D eigenvalue weighted by Crippen LogP contribution is 2.19. The molecule has 1 fully saturated rings. The van der Waals surface area contributed by atoms with E-state index in [0.717, 1.165) is 31.9 Å². The summed E-state index contributed by atoms with van der Waals surface area (Å²) in [4.78, 5) is 10.7. The third-order valence-corrected chi connectivity index (χ3v) is 5.49. The van der Waals surface area contributed by atoms with Gasteiger partial charge in [-0.3, -0.25) is 4.99 Å². The normalized spacial score (nSPS) is 17.0. The zero-order chi connectivity index (χ0) is 19.1. The third kappa shape index (κ3) is 5.48. The van der Waals surface area contributed by atoms with Crippen molar-refractivity contribution >= 4 is 16.9 Å². The zero-order valence-corrected chi connectivity index (χ0v) is 17.1. The standard InChI is InChI=1S/C22H35N5/c1-4-23-22(26-19-11-14-27(15-12-19)17(2)3)24-13-7-8-18-16-25-21-10-6-5-9-20(18)21/h5-6,9-10,16-17,19,25H,4,7-8,11-15H2,1-3H3,(H2,23,24,26). The van der Waals surface area contributed by atoms with Crippen molar-refractivity contribution in [3.63, 3.8) is 0 Å². The maximum atomic E-state index is 4.81. The Bertz CT molecular complexity index is 725. The second kappa shape index (κ2) is 9.79. The highest BCUT2D eigenvalue weighted by atomic mass is 15.2. The van der Waals surface area contributed by atoms with Crippen LogP contribution >= 0.6 is 0 Å². The van der Waals surface area contributed by atoms with Gasteiger partial charge in [0, 0.05) is 55.4 Å². The summed E-state index contributed by atoms with van der Waals surface area (Å²) in [5, 5.41) is 8.39. The Morgan fingerprint density at radius 3 is 2.78 bits per heavy atom. The first-order valence-electron chi connectivity index (χ1n) is 10.5. The van der Waals surface area contributed by atoms with Gasteiger partial charge in [-0.2, -0.15) is 0 Å².